The molecular weight excluding hydrogens is 286 g/mol. The SMILES string of the molecule is C[C@H](O)[C@H]1CC[C@H]2C3CCC(=O)[C@@](C)(CCC#N)C3CCC12C. The highest BCUT2D eigenvalue weighted by molar-refractivity contribution is 5.85. The Balaban J connectivity index is 1.88. The van der Waals surface area contributed by atoms with E-state index in [0.29, 0.717) is 42.3 Å². The summed E-state index contributed by atoms with van der Waals surface area (Å²) >= 11 is 0. The Bertz CT molecular complexity index is 522. The number of Topliss-reactive ketones (excluding diaryl/α,β-unsaturated/α-hetero) is 1. The quantitative estimate of drug-likeness (QED) is 0.852. The van der Waals surface area contributed by atoms with Crippen LogP contribution in [0.3, 0.4) is 0 Å². The number of hydrogen-bond acceptors (Lipinski definition) is 3. The van der Waals surface area contributed by atoms with Gasteiger partial charge in [-0.1, -0.05) is 13.8 Å². The number of rotatable bonds is 3. The molecule has 3 heteroatoms. The van der Waals surface area contributed by atoms with Crippen LogP contribution in [0.5, 0.6) is 0 Å². The van der Waals surface area contributed by atoms with Crippen LogP contribution in [-0.2, 0) is 4.79 Å². The van der Waals surface area contributed by atoms with E-state index in [1.807, 2.05) is 6.92 Å². The summed E-state index contributed by atoms with van der Waals surface area (Å²) < 4.78 is 0. The minimum absolute atomic E-state index is 0.225. The van der Waals surface area contributed by atoms with Crippen molar-refractivity contribution in [3.8, 4) is 6.07 Å². The molecule has 0 bridgehead atoms. The Labute approximate surface area is 140 Å². The van der Waals surface area contributed by atoms with Gasteiger partial charge < -0.3 is 5.11 Å². The second-order valence-electron chi connectivity index (χ2n) is 8.88. The Morgan fingerprint density at radius 1 is 1.26 bits per heavy atom. The zero-order chi connectivity index (χ0) is 16.8. The lowest BCUT2D eigenvalue weighted by molar-refractivity contribution is -0.146. The molecule has 1 N–H and O–H groups in total. The predicted molar refractivity (Wildman–Crippen MR) is 89.4 cm³/mol. The summed E-state index contributed by atoms with van der Waals surface area (Å²) in [7, 11) is 0. The van der Waals surface area contributed by atoms with Crippen molar-refractivity contribution in [1.29, 1.82) is 5.26 Å². The number of nitriles is 1. The topological polar surface area (TPSA) is 61.1 Å². The molecule has 0 radical (unpaired) electrons. The number of hydrogen-bond donors (Lipinski definition) is 1. The highest BCUT2D eigenvalue weighted by atomic mass is 16.3. The van der Waals surface area contributed by atoms with Crippen LogP contribution in [-0.4, -0.2) is 17.0 Å². The van der Waals surface area contributed by atoms with E-state index in [1.54, 1.807) is 0 Å². The second-order valence-corrected chi connectivity index (χ2v) is 8.88. The third kappa shape index (κ3) is 2.45. The summed E-state index contributed by atoms with van der Waals surface area (Å²) in [5.74, 6) is 2.51. The van der Waals surface area contributed by atoms with E-state index >= 15 is 0 Å². The molecule has 23 heavy (non-hydrogen) atoms. The second kappa shape index (κ2) is 5.88. The number of aliphatic hydroxyl groups is 1. The summed E-state index contributed by atoms with van der Waals surface area (Å²) in [6.45, 7) is 6.47. The molecule has 0 aromatic carbocycles. The van der Waals surface area contributed by atoms with Crippen molar-refractivity contribution in [2.45, 2.75) is 78.2 Å². The summed E-state index contributed by atoms with van der Waals surface area (Å²) in [5, 5.41) is 19.2. The van der Waals surface area contributed by atoms with Gasteiger partial charge >= 0.3 is 0 Å². The number of carbonyl (C=O) groups is 1. The van der Waals surface area contributed by atoms with Crippen LogP contribution in [0.25, 0.3) is 0 Å². The van der Waals surface area contributed by atoms with E-state index in [4.69, 9.17) is 5.26 Å². The van der Waals surface area contributed by atoms with Gasteiger partial charge in [-0.3, -0.25) is 4.79 Å². The monoisotopic (exact) mass is 317 g/mol. The molecule has 128 valence electrons. The molecule has 3 rings (SSSR count). The Morgan fingerprint density at radius 3 is 2.65 bits per heavy atom. The van der Waals surface area contributed by atoms with Crippen LogP contribution in [0.4, 0.5) is 0 Å². The van der Waals surface area contributed by atoms with Crippen LogP contribution < -0.4 is 0 Å². The third-order valence-electron chi connectivity index (χ3n) is 8.01. The lowest BCUT2D eigenvalue weighted by Crippen LogP contribution is -2.52. The maximum absolute atomic E-state index is 12.7. The smallest absolute Gasteiger partial charge is 0.139 e. The number of aliphatic hydroxyl groups excluding tert-OH is 1. The fourth-order valence-corrected chi connectivity index (χ4v) is 6.74. The van der Waals surface area contributed by atoms with Crippen molar-refractivity contribution in [2.75, 3.05) is 0 Å². The van der Waals surface area contributed by atoms with Crippen LogP contribution in [0.2, 0.25) is 0 Å². The first kappa shape index (κ1) is 17.0. The van der Waals surface area contributed by atoms with Gasteiger partial charge in [-0.15, -0.1) is 0 Å². The van der Waals surface area contributed by atoms with E-state index in [9.17, 15) is 9.90 Å². The molecule has 3 aliphatic rings. The molecule has 0 heterocycles. The highest BCUT2D eigenvalue weighted by Crippen LogP contribution is 2.64. The van der Waals surface area contributed by atoms with Crippen molar-refractivity contribution < 1.29 is 9.90 Å². The summed E-state index contributed by atoms with van der Waals surface area (Å²) in [6.07, 6.45) is 7.26. The molecule has 7 atom stereocenters. The normalized spacial score (nSPS) is 47.5. The molecule has 0 saturated heterocycles. The van der Waals surface area contributed by atoms with Gasteiger partial charge in [0.25, 0.3) is 0 Å². The largest absolute Gasteiger partial charge is 0.393 e. The fraction of sp³-hybridized carbons (Fsp3) is 0.900. The highest BCUT2D eigenvalue weighted by Gasteiger charge is 2.59. The molecule has 0 spiro atoms. The van der Waals surface area contributed by atoms with Gasteiger partial charge in [-0.25, -0.2) is 0 Å². The summed E-state index contributed by atoms with van der Waals surface area (Å²) in [4.78, 5) is 12.7. The van der Waals surface area contributed by atoms with Crippen LogP contribution in [0, 0.1) is 45.8 Å². The Morgan fingerprint density at radius 2 is 2.00 bits per heavy atom. The first-order chi connectivity index (χ1) is 10.8. The maximum Gasteiger partial charge on any atom is 0.139 e. The molecule has 0 amide bonds. The van der Waals surface area contributed by atoms with Gasteiger partial charge in [0.2, 0.25) is 0 Å². The van der Waals surface area contributed by atoms with E-state index in [0.717, 1.165) is 32.1 Å². The number of fused-ring (bicyclic) bond motifs is 3. The standard InChI is InChI=1S/C20H31NO2/c1-13(22)15-6-7-16-14-5-8-18(23)20(3,10-4-12-21)17(14)9-11-19(15,16)2/h13-17,22H,4-11H2,1-3H3/t13-,14?,15+,16-,17?,19?,20-/m0/s1. The zero-order valence-corrected chi connectivity index (χ0v) is 14.8. The molecule has 0 aliphatic heterocycles. The fourth-order valence-electron chi connectivity index (χ4n) is 6.74. The molecule has 3 fully saturated rings. The Kier molecular flexibility index (Phi) is 4.34. The minimum atomic E-state index is -0.289. The maximum atomic E-state index is 12.7. The average molecular weight is 317 g/mol. The van der Waals surface area contributed by atoms with E-state index in [-0.39, 0.29) is 16.9 Å². The van der Waals surface area contributed by atoms with Crippen LogP contribution >= 0.6 is 0 Å². The molecule has 3 saturated carbocycles. The van der Waals surface area contributed by atoms with Crippen molar-refractivity contribution in [1.82, 2.24) is 0 Å². The predicted octanol–water partition coefficient (Wildman–Crippen LogP) is 4.10. The van der Waals surface area contributed by atoms with Gasteiger partial charge in [0.1, 0.15) is 5.78 Å². The molecule has 3 nitrogen and oxygen atoms in total. The van der Waals surface area contributed by atoms with Gasteiger partial charge in [-0.2, -0.15) is 5.26 Å². The third-order valence-corrected chi connectivity index (χ3v) is 8.01. The Hall–Kier alpha value is -0.880. The summed E-state index contributed by atoms with van der Waals surface area (Å²) in [5.41, 5.74) is -0.0469. The molecule has 3 unspecified atom stereocenters. The number of ketones is 1. The first-order valence-electron chi connectivity index (χ1n) is 9.43. The lowest BCUT2D eigenvalue weighted by Gasteiger charge is -2.56. The van der Waals surface area contributed by atoms with Crippen molar-refractivity contribution in [3.63, 3.8) is 0 Å². The van der Waals surface area contributed by atoms with Gasteiger partial charge in [0.05, 0.1) is 12.2 Å². The van der Waals surface area contributed by atoms with Crippen LogP contribution in [0.15, 0.2) is 0 Å². The minimum Gasteiger partial charge on any atom is -0.393 e. The van der Waals surface area contributed by atoms with Gasteiger partial charge in [-0.05, 0) is 74.5 Å². The number of nitrogens with zero attached hydrogens (tertiary/aromatic N) is 1. The average Bonchev–Trinajstić information content (AvgIpc) is 2.86. The summed E-state index contributed by atoms with van der Waals surface area (Å²) in [6, 6.07) is 2.25. The molecule has 3 aliphatic carbocycles. The number of carbonyl (C=O) groups excluding carboxylic acids is 1. The molecular formula is C20H31NO2. The molecule has 0 aromatic rings. The van der Waals surface area contributed by atoms with E-state index in [1.165, 1.54) is 6.42 Å². The lowest BCUT2D eigenvalue weighted by atomic mass is 9.48. The van der Waals surface area contributed by atoms with E-state index < -0.39 is 0 Å². The van der Waals surface area contributed by atoms with Gasteiger partial charge in [0, 0.05) is 18.3 Å². The molecule has 0 aromatic heterocycles. The van der Waals surface area contributed by atoms with E-state index in [2.05, 4.69) is 19.9 Å². The zero-order valence-electron chi connectivity index (χ0n) is 14.8. The van der Waals surface area contributed by atoms with Gasteiger partial charge in [0.15, 0.2) is 0 Å². The van der Waals surface area contributed by atoms with Crippen molar-refractivity contribution in [2.24, 2.45) is 34.5 Å². The van der Waals surface area contributed by atoms with Crippen molar-refractivity contribution >= 4 is 5.78 Å². The van der Waals surface area contributed by atoms with Crippen LogP contribution in [0.1, 0.15) is 72.1 Å². The first-order valence-corrected chi connectivity index (χ1v) is 9.43. The van der Waals surface area contributed by atoms with Crippen molar-refractivity contribution in [3.05, 3.63) is 0 Å².